The molecule has 0 spiro atoms. The third kappa shape index (κ3) is 4.85. The first-order valence-corrected chi connectivity index (χ1v) is 9.78. The normalized spacial score (nSPS) is 11.2. The summed E-state index contributed by atoms with van der Waals surface area (Å²) in [6, 6.07) is 10.5. The summed E-state index contributed by atoms with van der Waals surface area (Å²) >= 11 is 0. The fourth-order valence-corrected chi connectivity index (χ4v) is 3.22. The molecule has 0 fully saturated rings. The second-order valence-electron chi connectivity index (χ2n) is 6.09. The number of nitrogens with two attached hydrogens (primary N) is 1. The quantitative estimate of drug-likeness (QED) is 0.595. The zero-order valence-electron chi connectivity index (χ0n) is 16.0. The Balaban J connectivity index is 0.00000300. The van der Waals surface area contributed by atoms with Gasteiger partial charge in [-0.15, -0.1) is 12.4 Å². The lowest BCUT2D eigenvalue weighted by Gasteiger charge is -2.13. The maximum atomic E-state index is 12.5. The third-order valence-corrected chi connectivity index (χ3v) is 4.80. The lowest BCUT2D eigenvalue weighted by atomic mass is 10.0. The van der Waals surface area contributed by atoms with Gasteiger partial charge in [0.25, 0.3) is 15.8 Å². The average Bonchev–Trinajstić information content (AvgIpc) is 2.68. The summed E-state index contributed by atoms with van der Waals surface area (Å²) in [6.45, 7) is 0.0750. The predicted octanol–water partition coefficient (Wildman–Crippen LogP) is 1.33. The molecule has 3 aromatic rings. The van der Waals surface area contributed by atoms with Crippen LogP contribution in [0.5, 0.6) is 11.5 Å². The summed E-state index contributed by atoms with van der Waals surface area (Å²) in [7, 11) is 0.835. The molecule has 0 aliphatic rings. The number of aromatic nitrogens is 2. The van der Waals surface area contributed by atoms with Gasteiger partial charge in [-0.25, -0.2) is 9.82 Å². The van der Waals surface area contributed by atoms with Crippen LogP contribution >= 0.6 is 12.4 Å². The number of hydrogen-bond donors (Lipinski definition) is 2. The van der Waals surface area contributed by atoms with Gasteiger partial charge in [0.2, 0.25) is 0 Å². The van der Waals surface area contributed by atoms with Crippen LogP contribution in [-0.2, 0) is 23.8 Å². The first-order chi connectivity index (χ1) is 13.2. The van der Waals surface area contributed by atoms with Crippen molar-refractivity contribution in [3.63, 3.8) is 0 Å². The number of hydrogen-bond acceptors (Lipinski definition) is 6. The maximum Gasteiger partial charge on any atom is 0.274 e. The molecule has 0 bridgehead atoms. The van der Waals surface area contributed by atoms with Crippen molar-refractivity contribution < 1.29 is 17.9 Å². The van der Waals surface area contributed by atoms with Gasteiger partial charge in [-0.2, -0.15) is 18.2 Å². The number of methoxy groups -OCH3 is 2. The van der Waals surface area contributed by atoms with Crippen LogP contribution in [0.25, 0.3) is 22.0 Å². The number of fused-ring (bicyclic) bond motifs is 1. The molecule has 3 N–H and O–H groups in total. The van der Waals surface area contributed by atoms with Crippen molar-refractivity contribution in [1.29, 1.82) is 0 Å². The molecule has 0 atom stereocenters. The molecule has 0 amide bonds. The molecule has 0 saturated heterocycles. The summed E-state index contributed by atoms with van der Waals surface area (Å²) in [4.78, 5) is 12.5. The predicted molar refractivity (Wildman–Crippen MR) is 113 cm³/mol. The molecule has 2 aromatic carbocycles. The minimum atomic E-state index is -3.76. The highest BCUT2D eigenvalue weighted by molar-refractivity contribution is 7.87. The zero-order chi connectivity index (χ0) is 20.5. The topological polar surface area (TPSA) is 126 Å². The number of nitrogens with zero attached hydrogens (tertiary/aromatic N) is 2. The summed E-state index contributed by atoms with van der Waals surface area (Å²) in [5, 5.41) is 10.4. The van der Waals surface area contributed by atoms with E-state index in [4.69, 9.17) is 14.6 Å². The highest BCUT2D eigenvalue weighted by Gasteiger charge is 2.15. The summed E-state index contributed by atoms with van der Waals surface area (Å²) in [5.74, 6) is 0.939. The van der Waals surface area contributed by atoms with E-state index in [-0.39, 0.29) is 24.5 Å². The number of benzene rings is 2. The van der Waals surface area contributed by atoms with E-state index in [0.717, 1.165) is 11.1 Å². The zero-order valence-corrected chi connectivity index (χ0v) is 17.6. The van der Waals surface area contributed by atoms with Crippen LogP contribution in [0.1, 0.15) is 5.56 Å². The smallest absolute Gasteiger partial charge is 0.274 e. The molecule has 29 heavy (non-hydrogen) atoms. The van der Waals surface area contributed by atoms with Crippen molar-refractivity contribution in [2.45, 2.75) is 6.54 Å². The molecule has 156 valence electrons. The van der Waals surface area contributed by atoms with Crippen molar-refractivity contribution in [3.8, 4) is 22.8 Å². The standard InChI is InChI=1S/C18H20N4O5S.ClH/c1-22-18(23)14-9-16(27-3)15(26-2)8-13(14)17(21-22)12-6-4-11(5-7-12)10-20-28(19,24)25;/h4-9,20H,10H2,1-3H3,(H2,19,24,25);1H. The Hall–Kier alpha value is -2.66. The fraction of sp³-hybridized carbons (Fsp3) is 0.222. The Labute approximate surface area is 174 Å². The van der Waals surface area contributed by atoms with Crippen molar-refractivity contribution >= 4 is 33.4 Å². The van der Waals surface area contributed by atoms with Gasteiger partial charge in [0.15, 0.2) is 11.5 Å². The van der Waals surface area contributed by atoms with Crippen LogP contribution < -0.4 is 24.9 Å². The molecule has 1 aromatic heterocycles. The second-order valence-corrected chi connectivity index (χ2v) is 7.47. The lowest BCUT2D eigenvalue weighted by molar-refractivity contribution is 0.356. The van der Waals surface area contributed by atoms with Gasteiger partial charge in [-0.05, 0) is 17.7 Å². The maximum absolute atomic E-state index is 12.5. The average molecular weight is 441 g/mol. The summed E-state index contributed by atoms with van der Waals surface area (Å²) < 4.78 is 36.2. The Morgan fingerprint density at radius 1 is 1.07 bits per heavy atom. The first-order valence-electron chi connectivity index (χ1n) is 8.23. The van der Waals surface area contributed by atoms with Gasteiger partial charge in [-0.1, -0.05) is 24.3 Å². The number of nitrogens with one attached hydrogen (secondary N) is 1. The first kappa shape index (κ1) is 22.6. The SMILES string of the molecule is COc1cc2c(-c3ccc(CNS(N)(=O)=O)cc3)nn(C)c(=O)c2cc1OC.Cl. The van der Waals surface area contributed by atoms with E-state index >= 15 is 0 Å². The van der Waals surface area contributed by atoms with Crippen molar-refractivity contribution in [2.75, 3.05) is 14.2 Å². The largest absolute Gasteiger partial charge is 0.493 e. The van der Waals surface area contributed by atoms with Crippen LogP contribution in [0.4, 0.5) is 0 Å². The van der Waals surface area contributed by atoms with Crippen LogP contribution in [0.2, 0.25) is 0 Å². The number of ether oxygens (including phenoxy) is 2. The van der Waals surface area contributed by atoms with E-state index in [0.29, 0.717) is 28.0 Å². The minimum Gasteiger partial charge on any atom is -0.493 e. The number of halogens is 1. The van der Waals surface area contributed by atoms with Crippen LogP contribution in [0.3, 0.4) is 0 Å². The van der Waals surface area contributed by atoms with Gasteiger partial charge in [-0.3, -0.25) is 4.79 Å². The van der Waals surface area contributed by atoms with E-state index in [1.807, 2.05) is 0 Å². The monoisotopic (exact) mass is 440 g/mol. The molecule has 0 aliphatic carbocycles. The lowest BCUT2D eigenvalue weighted by Crippen LogP contribution is -2.30. The van der Waals surface area contributed by atoms with Crippen LogP contribution in [-0.4, -0.2) is 32.4 Å². The third-order valence-electron chi connectivity index (χ3n) is 4.26. The van der Waals surface area contributed by atoms with Gasteiger partial charge in [0.1, 0.15) is 0 Å². The molecule has 1 heterocycles. The van der Waals surface area contributed by atoms with E-state index < -0.39 is 10.2 Å². The number of rotatable bonds is 6. The fourth-order valence-electron chi connectivity index (χ4n) is 2.85. The van der Waals surface area contributed by atoms with E-state index in [1.165, 1.54) is 18.9 Å². The second kappa shape index (κ2) is 8.78. The van der Waals surface area contributed by atoms with Crippen LogP contribution in [0.15, 0.2) is 41.2 Å². The summed E-state index contributed by atoms with van der Waals surface area (Å²) in [5.41, 5.74) is 1.82. The molecule has 0 radical (unpaired) electrons. The van der Waals surface area contributed by atoms with E-state index in [2.05, 4.69) is 9.82 Å². The molecule has 3 rings (SSSR count). The Morgan fingerprint density at radius 3 is 2.14 bits per heavy atom. The van der Waals surface area contributed by atoms with Gasteiger partial charge in [0.05, 0.1) is 25.3 Å². The highest BCUT2D eigenvalue weighted by atomic mass is 35.5. The van der Waals surface area contributed by atoms with Gasteiger partial charge >= 0.3 is 0 Å². The molecule has 0 unspecified atom stereocenters. The molecule has 0 saturated carbocycles. The molecule has 0 aliphatic heterocycles. The van der Waals surface area contributed by atoms with Gasteiger partial charge < -0.3 is 9.47 Å². The Kier molecular flexibility index (Phi) is 6.85. The molecular formula is C18H21ClN4O5S. The summed E-state index contributed by atoms with van der Waals surface area (Å²) in [6.07, 6.45) is 0. The van der Waals surface area contributed by atoms with Crippen molar-refractivity contribution in [3.05, 3.63) is 52.3 Å². The number of aryl methyl sites for hydroxylation is 1. The minimum absolute atomic E-state index is 0. The molecular weight excluding hydrogens is 420 g/mol. The highest BCUT2D eigenvalue weighted by Crippen LogP contribution is 2.34. The Bertz CT molecular complexity index is 1190. The van der Waals surface area contributed by atoms with E-state index in [1.54, 1.807) is 43.4 Å². The van der Waals surface area contributed by atoms with E-state index in [9.17, 15) is 13.2 Å². The Morgan fingerprint density at radius 2 is 1.62 bits per heavy atom. The van der Waals surface area contributed by atoms with Crippen LogP contribution in [0, 0.1) is 0 Å². The van der Waals surface area contributed by atoms with Gasteiger partial charge in [0, 0.05) is 24.5 Å². The molecule has 11 heteroatoms. The van der Waals surface area contributed by atoms with Crippen molar-refractivity contribution in [2.24, 2.45) is 12.2 Å². The van der Waals surface area contributed by atoms with Crippen molar-refractivity contribution in [1.82, 2.24) is 14.5 Å². The molecule has 9 nitrogen and oxygen atoms in total.